The van der Waals surface area contributed by atoms with Crippen molar-refractivity contribution in [1.82, 2.24) is 4.98 Å². The van der Waals surface area contributed by atoms with E-state index in [4.69, 9.17) is 4.74 Å². The van der Waals surface area contributed by atoms with Gasteiger partial charge in [-0.05, 0) is 73.4 Å². The van der Waals surface area contributed by atoms with E-state index < -0.39 is 17.7 Å². The van der Waals surface area contributed by atoms with Crippen LogP contribution in [0.4, 0.5) is 5.69 Å². The van der Waals surface area contributed by atoms with Crippen molar-refractivity contribution in [2.24, 2.45) is 0 Å². The Labute approximate surface area is 199 Å². The van der Waals surface area contributed by atoms with Crippen molar-refractivity contribution in [3.8, 4) is 5.75 Å². The molecule has 1 amide bonds. The maximum absolute atomic E-state index is 13.2. The van der Waals surface area contributed by atoms with E-state index in [0.29, 0.717) is 23.6 Å². The van der Waals surface area contributed by atoms with Crippen molar-refractivity contribution in [2.45, 2.75) is 39.7 Å². The zero-order valence-electron chi connectivity index (χ0n) is 19.6. The Hall–Kier alpha value is -3.93. The van der Waals surface area contributed by atoms with Gasteiger partial charge in [0.1, 0.15) is 17.6 Å². The number of anilines is 1. The minimum absolute atomic E-state index is 0.0184. The molecule has 6 nitrogen and oxygen atoms in total. The molecule has 34 heavy (non-hydrogen) atoms. The number of amides is 1. The first-order chi connectivity index (χ1) is 16.5. The summed E-state index contributed by atoms with van der Waals surface area (Å²) >= 11 is 0. The Morgan fingerprint density at radius 3 is 2.44 bits per heavy atom. The van der Waals surface area contributed by atoms with Crippen LogP contribution in [-0.4, -0.2) is 28.4 Å². The maximum Gasteiger partial charge on any atom is 0.300 e. The van der Waals surface area contributed by atoms with E-state index in [-0.39, 0.29) is 11.3 Å². The molecule has 4 rings (SSSR count). The number of hydrogen-bond donors (Lipinski definition) is 1. The van der Waals surface area contributed by atoms with Crippen LogP contribution in [-0.2, 0) is 16.0 Å². The van der Waals surface area contributed by atoms with Crippen LogP contribution in [0.15, 0.2) is 72.4 Å². The molecule has 1 aromatic heterocycles. The molecule has 1 aliphatic heterocycles. The predicted molar refractivity (Wildman–Crippen MR) is 132 cm³/mol. The van der Waals surface area contributed by atoms with E-state index in [2.05, 4.69) is 11.9 Å². The van der Waals surface area contributed by atoms with Crippen LogP contribution in [0, 0.1) is 6.92 Å². The topological polar surface area (TPSA) is 79.7 Å². The fraction of sp³-hybridized carbons (Fsp3) is 0.250. The largest absolute Gasteiger partial charge is 0.507 e. The summed E-state index contributed by atoms with van der Waals surface area (Å²) in [5, 5.41) is 11.3. The minimum Gasteiger partial charge on any atom is -0.507 e. The van der Waals surface area contributed by atoms with Gasteiger partial charge >= 0.3 is 0 Å². The smallest absolute Gasteiger partial charge is 0.300 e. The van der Waals surface area contributed by atoms with Gasteiger partial charge in [0.2, 0.25) is 0 Å². The summed E-state index contributed by atoms with van der Waals surface area (Å²) in [6.45, 7) is 6.55. The maximum atomic E-state index is 13.2. The molecule has 0 aliphatic carbocycles. The van der Waals surface area contributed by atoms with E-state index >= 15 is 0 Å². The standard InChI is InChI=1S/C28H28N2O4/c1-4-16-34-23-14-11-20(17-18(23)3)26(31)24-25(22-8-6-7-15-29-22)30(28(33)27(24)32)21-12-9-19(5-2)10-13-21/h6-15,17,25,31H,4-5,16H2,1-3H3/b26-24-. The summed E-state index contributed by atoms with van der Waals surface area (Å²) in [6.07, 6.45) is 3.35. The molecular weight excluding hydrogens is 428 g/mol. The Morgan fingerprint density at radius 2 is 1.82 bits per heavy atom. The number of aromatic nitrogens is 1. The van der Waals surface area contributed by atoms with Crippen LogP contribution in [0.25, 0.3) is 5.76 Å². The second-order valence-corrected chi connectivity index (χ2v) is 8.27. The first-order valence-corrected chi connectivity index (χ1v) is 11.5. The summed E-state index contributed by atoms with van der Waals surface area (Å²) in [5.41, 5.74) is 3.49. The van der Waals surface area contributed by atoms with Gasteiger partial charge in [0.05, 0.1) is 17.9 Å². The number of aliphatic hydroxyl groups is 1. The lowest BCUT2D eigenvalue weighted by Gasteiger charge is -2.24. The number of Topliss-reactive ketones (excluding diaryl/α,β-unsaturated/α-hetero) is 1. The molecule has 6 heteroatoms. The van der Waals surface area contributed by atoms with E-state index in [1.54, 1.807) is 42.6 Å². The van der Waals surface area contributed by atoms with Crippen molar-refractivity contribution >= 4 is 23.1 Å². The molecule has 0 radical (unpaired) electrons. The fourth-order valence-electron chi connectivity index (χ4n) is 4.13. The highest BCUT2D eigenvalue weighted by molar-refractivity contribution is 6.51. The molecule has 1 saturated heterocycles. The number of hydrogen-bond acceptors (Lipinski definition) is 5. The molecule has 0 spiro atoms. The van der Waals surface area contributed by atoms with Crippen LogP contribution < -0.4 is 9.64 Å². The zero-order valence-corrected chi connectivity index (χ0v) is 19.6. The van der Waals surface area contributed by atoms with Gasteiger partial charge in [-0.2, -0.15) is 0 Å². The number of aryl methyl sites for hydroxylation is 2. The molecule has 1 N–H and O–H groups in total. The SMILES string of the molecule is CCCOc1ccc(/C(O)=C2/C(=O)C(=O)N(c3ccc(CC)cc3)C2c2ccccn2)cc1C. The van der Waals surface area contributed by atoms with Crippen LogP contribution in [0.3, 0.4) is 0 Å². The highest BCUT2D eigenvalue weighted by atomic mass is 16.5. The number of ketones is 1. The highest BCUT2D eigenvalue weighted by Gasteiger charge is 2.47. The molecule has 0 bridgehead atoms. The second kappa shape index (κ2) is 9.91. The predicted octanol–water partition coefficient (Wildman–Crippen LogP) is 5.37. The van der Waals surface area contributed by atoms with Gasteiger partial charge in [-0.15, -0.1) is 0 Å². The van der Waals surface area contributed by atoms with E-state index in [1.807, 2.05) is 38.1 Å². The third kappa shape index (κ3) is 4.31. The number of pyridine rings is 1. The fourth-order valence-corrected chi connectivity index (χ4v) is 4.13. The molecule has 0 saturated carbocycles. The van der Waals surface area contributed by atoms with Gasteiger partial charge in [-0.25, -0.2) is 0 Å². The molecular formula is C28H28N2O4. The van der Waals surface area contributed by atoms with Crippen LogP contribution >= 0.6 is 0 Å². The Balaban J connectivity index is 1.84. The first kappa shape index (κ1) is 23.2. The summed E-state index contributed by atoms with van der Waals surface area (Å²) in [5.74, 6) is -0.944. The summed E-state index contributed by atoms with van der Waals surface area (Å²) in [6, 6.07) is 17.2. The Bertz CT molecular complexity index is 1230. The average Bonchev–Trinajstić information content (AvgIpc) is 3.13. The lowest BCUT2D eigenvalue weighted by molar-refractivity contribution is -0.132. The van der Waals surface area contributed by atoms with E-state index in [9.17, 15) is 14.7 Å². The van der Waals surface area contributed by atoms with E-state index in [1.165, 1.54) is 4.90 Å². The van der Waals surface area contributed by atoms with E-state index in [0.717, 1.165) is 29.7 Å². The van der Waals surface area contributed by atoms with Gasteiger partial charge in [-0.3, -0.25) is 19.5 Å². The average molecular weight is 457 g/mol. The molecule has 1 unspecified atom stereocenters. The van der Waals surface area contributed by atoms with Crippen molar-refractivity contribution < 1.29 is 19.4 Å². The summed E-state index contributed by atoms with van der Waals surface area (Å²) in [7, 11) is 0. The Morgan fingerprint density at radius 1 is 1.06 bits per heavy atom. The summed E-state index contributed by atoms with van der Waals surface area (Å²) in [4.78, 5) is 32.3. The van der Waals surface area contributed by atoms with Crippen LogP contribution in [0.5, 0.6) is 5.75 Å². The number of nitrogens with zero attached hydrogens (tertiary/aromatic N) is 2. The molecule has 1 fully saturated rings. The molecule has 1 aliphatic rings. The minimum atomic E-state index is -0.843. The normalized spacial score (nSPS) is 17.3. The number of rotatable bonds is 7. The number of ether oxygens (including phenoxy) is 1. The molecule has 3 aromatic rings. The number of carbonyl (C=O) groups excluding carboxylic acids is 2. The van der Waals surface area contributed by atoms with Crippen molar-refractivity contribution in [3.63, 3.8) is 0 Å². The van der Waals surface area contributed by atoms with Gasteiger partial charge in [0, 0.05) is 17.4 Å². The zero-order chi connectivity index (χ0) is 24.2. The van der Waals surface area contributed by atoms with Crippen LogP contribution in [0.2, 0.25) is 0 Å². The van der Waals surface area contributed by atoms with Crippen molar-refractivity contribution in [3.05, 3.63) is 94.8 Å². The highest BCUT2D eigenvalue weighted by Crippen LogP contribution is 2.41. The Kier molecular flexibility index (Phi) is 6.77. The quantitative estimate of drug-likeness (QED) is 0.294. The van der Waals surface area contributed by atoms with Crippen molar-refractivity contribution in [1.29, 1.82) is 0 Å². The first-order valence-electron chi connectivity index (χ1n) is 11.5. The number of aliphatic hydroxyl groups excluding tert-OH is 1. The van der Waals surface area contributed by atoms with Gasteiger partial charge in [0.15, 0.2) is 0 Å². The van der Waals surface area contributed by atoms with Gasteiger partial charge in [-0.1, -0.05) is 32.0 Å². The van der Waals surface area contributed by atoms with Crippen LogP contribution in [0.1, 0.15) is 48.7 Å². The third-order valence-corrected chi connectivity index (χ3v) is 5.95. The van der Waals surface area contributed by atoms with Crippen molar-refractivity contribution in [2.75, 3.05) is 11.5 Å². The molecule has 174 valence electrons. The molecule has 2 aromatic carbocycles. The lowest BCUT2D eigenvalue weighted by atomic mass is 9.97. The van der Waals surface area contributed by atoms with Gasteiger partial charge < -0.3 is 9.84 Å². The monoisotopic (exact) mass is 456 g/mol. The number of benzene rings is 2. The molecule has 2 heterocycles. The number of carbonyl (C=O) groups is 2. The van der Waals surface area contributed by atoms with Gasteiger partial charge in [0.25, 0.3) is 11.7 Å². The lowest BCUT2D eigenvalue weighted by Crippen LogP contribution is -2.29. The summed E-state index contributed by atoms with van der Waals surface area (Å²) < 4.78 is 5.73. The molecule has 1 atom stereocenters. The second-order valence-electron chi connectivity index (χ2n) is 8.27. The third-order valence-electron chi connectivity index (χ3n) is 5.95.